The van der Waals surface area contributed by atoms with Crippen LogP contribution < -0.4 is 15.4 Å². The second-order valence-electron chi connectivity index (χ2n) is 6.03. The van der Waals surface area contributed by atoms with Gasteiger partial charge in [-0.1, -0.05) is 12.1 Å². The molecule has 5 nitrogen and oxygen atoms in total. The maximum absolute atomic E-state index is 12.1. The molecule has 0 aliphatic rings. The van der Waals surface area contributed by atoms with E-state index >= 15 is 0 Å². The summed E-state index contributed by atoms with van der Waals surface area (Å²) < 4.78 is 5.10. The Balaban J connectivity index is 2.74. The van der Waals surface area contributed by atoms with Crippen LogP contribution in [-0.2, 0) is 4.79 Å². The number of carbonyl (C=O) groups is 1. The van der Waals surface area contributed by atoms with Crippen molar-refractivity contribution >= 4 is 5.91 Å². The van der Waals surface area contributed by atoms with Crippen LogP contribution in [0.3, 0.4) is 0 Å². The first kappa shape index (κ1) is 17.6. The minimum absolute atomic E-state index is 0.0512. The molecule has 2 N–H and O–H groups in total. The van der Waals surface area contributed by atoms with Crippen LogP contribution in [-0.4, -0.2) is 18.6 Å². The third-order valence-corrected chi connectivity index (χ3v) is 2.98. The summed E-state index contributed by atoms with van der Waals surface area (Å²) in [6.45, 7) is 7.73. The van der Waals surface area contributed by atoms with Gasteiger partial charge < -0.3 is 15.4 Å². The normalized spacial score (nSPS) is 13.0. The summed E-state index contributed by atoms with van der Waals surface area (Å²) in [4.78, 5) is 12.1. The molecule has 1 unspecified atom stereocenters. The van der Waals surface area contributed by atoms with Gasteiger partial charge in [-0.2, -0.15) is 5.26 Å². The largest absolute Gasteiger partial charge is 0.497 e. The second kappa shape index (κ2) is 7.51. The molecule has 0 aromatic heterocycles. The summed E-state index contributed by atoms with van der Waals surface area (Å²) >= 11 is 0. The third-order valence-electron chi connectivity index (χ3n) is 2.98. The van der Waals surface area contributed by atoms with Crippen LogP contribution in [0.25, 0.3) is 0 Å². The third kappa shape index (κ3) is 5.49. The fraction of sp³-hybridized carbons (Fsp3) is 0.412. The predicted molar refractivity (Wildman–Crippen MR) is 86.1 cm³/mol. The van der Waals surface area contributed by atoms with Crippen molar-refractivity contribution in [1.82, 2.24) is 10.6 Å². The molecular weight excluding hydrogens is 278 g/mol. The van der Waals surface area contributed by atoms with Crippen molar-refractivity contribution in [1.29, 1.82) is 5.26 Å². The van der Waals surface area contributed by atoms with Crippen molar-refractivity contribution < 1.29 is 9.53 Å². The first-order valence-corrected chi connectivity index (χ1v) is 7.09. The van der Waals surface area contributed by atoms with Crippen LogP contribution >= 0.6 is 0 Å². The van der Waals surface area contributed by atoms with E-state index in [0.29, 0.717) is 0 Å². The van der Waals surface area contributed by atoms with Gasteiger partial charge in [0.25, 0.3) is 5.91 Å². The van der Waals surface area contributed by atoms with Crippen LogP contribution in [0.1, 0.15) is 39.3 Å². The topological polar surface area (TPSA) is 74.1 Å². The lowest BCUT2D eigenvalue weighted by Gasteiger charge is -2.19. The monoisotopic (exact) mass is 301 g/mol. The number of amides is 1. The Morgan fingerprint density at radius 2 is 1.91 bits per heavy atom. The Morgan fingerprint density at radius 3 is 2.36 bits per heavy atom. The van der Waals surface area contributed by atoms with Gasteiger partial charge in [0.2, 0.25) is 0 Å². The molecule has 0 radical (unpaired) electrons. The molecule has 5 heteroatoms. The summed E-state index contributed by atoms with van der Waals surface area (Å²) in [5, 5.41) is 14.9. The van der Waals surface area contributed by atoms with E-state index in [-0.39, 0.29) is 17.2 Å². The molecule has 1 aromatic carbocycles. The van der Waals surface area contributed by atoms with E-state index in [2.05, 4.69) is 10.6 Å². The standard InChI is InChI=1S/C17H23N3O2/c1-12(13-6-8-15(22-5)9-7-13)20-16(21)14(10-18)11-19-17(2,3)4/h6-9,11-12,19H,1-5H3,(H,20,21)/b14-11-. The molecule has 1 aromatic rings. The Labute approximate surface area is 132 Å². The molecule has 0 heterocycles. The van der Waals surface area contributed by atoms with E-state index in [1.807, 2.05) is 58.0 Å². The van der Waals surface area contributed by atoms with Gasteiger partial charge in [0.05, 0.1) is 13.2 Å². The maximum atomic E-state index is 12.1. The summed E-state index contributed by atoms with van der Waals surface area (Å²) in [5.41, 5.74) is 0.787. The minimum Gasteiger partial charge on any atom is -0.497 e. The number of carbonyl (C=O) groups excluding carboxylic acids is 1. The molecule has 0 spiro atoms. The first-order valence-electron chi connectivity index (χ1n) is 7.09. The van der Waals surface area contributed by atoms with Gasteiger partial charge >= 0.3 is 0 Å². The quantitative estimate of drug-likeness (QED) is 0.647. The van der Waals surface area contributed by atoms with Gasteiger partial charge in [-0.3, -0.25) is 4.79 Å². The highest BCUT2D eigenvalue weighted by molar-refractivity contribution is 5.97. The number of hydrogen-bond acceptors (Lipinski definition) is 4. The number of nitriles is 1. The summed E-state index contributed by atoms with van der Waals surface area (Å²) in [7, 11) is 1.60. The van der Waals surface area contributed by atoms with Crippen LogP contribution in [0.4, 0.5) is 0 Å². The van der Waals surface area contributed by atoms with Gasteiger partial charge in [-0.25, -0.2) is 0 Å². The maximum Gasteiger partial charge on any atom is 0.263 e. The van der Waals surface area contributed by atoms with Crippen LogP contribution in [0, 0.1) is 11.3 Å². The minimum atomic E-state index is -0.400. The molecule has 0 saturated heterocycles. The lowest BCUT2D eigenvalue weighted by Crippen LogP contribution is -2.33. The number of benzene rings is 1. The zero-order chi connectivity index (χ0) is 16.8. The number of nitrogens with one attached hydrogen (secondary N) is 2. The van der Waals surface area contributed by atoms with E-state index in [0.717, 1.165) is 11.3 Å². The lowest BCUT2D eigenvalue weighted by atomic mass is 10.1. The number of nitrogens with zero attached hydrogens (tertiary/aromatic N) is 1. The van der Waals surface area contributed by atoms with Gasteiger partial charge in [-0.15, -0.1) is 0 Å². The number of rotatable bonds is 5. The van der Waals surface area contributed by atoms with Crippen molar-refractivity contribution in [2.75, 3.05) is 7.11 Å². The molecule has 1 atom stereocenters. The summed E-state index contributed by atoms with van der Waals surface area (Å²) in [6.07, 6.45) is 1.45. The van der Waals surface area contributed by atoms with Gasteiger partial charge in [0.1, 0.15) is 17.4 Å². The number of hydrogen-bond donors (Lipinski definition) is 2. The van der Waals surface area contributed by atoms with E-state index in [4.69, 9.17) is 10.00 Å². The fourth-order valence-electron chi connectivity index (χ4n) is 1.69. The smallest absolute Gasteiger partial charge is 0.263 e. The van der Waals surface area contributed by atoms with E-state index in [9.17, 15) is 4.79 Å². The Kier molecular flexibility index (Phi) is 6.00. The van der Waals surface area contributed by atoms with Gasteiger partial charge in [0, 0.05) is 11.7 Å². The highest BCUT2D eigenvalue weighted by Gasteiger charge is 2.15. The van der Waals surface area contributed by atoms with E-state index in [1.165, 1.54) is 6.20 Å². The zero-order valence-electron chi connectivity index (χ0n) is 13.7. The average Bonchev–Trinajstić information content (AvgIpc) is 2.46. The van der Waals surface area contributed by atoms with Crippen molar-refractivity contribution in [2.24, 2.45) is 0 Å². The first-order chi connectivity index (χ1) is 10.3. The molecule has 22 heavy (non-hydrogen) atoms. The average molecular weight is 301 g/mol. The van der Waals surface area contributed by atoms with Crippen molar-refractivity contribution in [3.8, 4) is 11.8 Å². The van der Waals surface area contributed by atoms with Crippen LogP contribution in [0.2, 0.25) is 0 Å². The Morgan fingerprint density at radius 1 is 1.32 bits per heavy atom. The van der Waals surface area contributed by atoms with Gasteiger partial charge in [-0.05, 0) is 45.4 Å². The second-order valence-corrected chi connectivity index (χ2v) is 6.03. The molecule has 118 valence electrons. The molecule has 0 saturated carbocycles. The molecule has 1 amide bonds. The molecular formula is C17H23N3O2. The Hall–Kier alpha value is -2.48. The molecule has 0 aliphatic carbocycles. The van der Waals surface area contributed by atoms with Crippen LogP contribution in [0.5, 0.6) is 5.75 Å². The molecule has 1 rings (SSSR count). The zero-order valence-corrected chi connectivity index (χ0v) is 13.7. The highest BCUT2D eigenvalue weighted by Crippen LogP contribution is 2.17. The van der Waals surface area contributed by atoms with Crippen molar-refractivity contribution in [3.63, 3.8) is 0 Å². The number of ether oxygens (including phenoxy) is 1. The van der Waals surface area contributed by atoms with Crippen LogP contribution in [0.15, 0.2) is 36.0 Å². The SMILES string of the molecule is COc1ccc(C(C)NC(=O)/C(C#N)=C\NC(C)(C)C)cc1. The lowest BCUT2D eigenvalue weighted by molar-refractivity contribution is -0.117. The predicted octanol–water partition coefficient (Wildman–Crippen LogP) is 2.67. The Bertz CT molecular complexity index is 577. The molecule has 0 aliphatic heterocycles. The van der Waals surface area contributed by atoms with E-state index in [1.54, 1.807) is 7.11 Å². The fourth-order valence-corrected chi connectivity index (χ4v) is 1.69. The highest BCUT2D eigenvalue weighted by atomic mass is 16.5. The van der Waals surface area contributed by atoms with Gasteiger partial charge in [0.15, 0.2) is 0 Å². The molecule has 0 bridgehead atoms. The number of methoxy groups -OCH3 is 1. The summed E-state index contributed by atoms with van der Waals surface area (Å²) in [5.74, 6) is 0.358. The van der Waals surface area contributed by atoms with Crippen molar-refractivity contribution in [3.05, 3.63) is 41.6 Å². The van der Waals surface area contributed by atoms with E-state index < -0.39 is 5.91 Å². The molecule has 0 fully saturated rings. The van der Waals surface area contributed by atoms with Crippen molar-refractivity contribution in [2.45, 2.75) is 39.3 Å². The summed E-state index contributed by atoms with van der Waals surface area (Å²) in [6, 6.07) is 9.14.